The lowest BCUT2D eigenvalue weighted by Gasteiger charge is -2.15. The van der Waals surface area contributed by atoms with Crippen molar-refractivity contribution in [3.8, 4) is 0 Å². The third kappa shape index (κ3) is 6.85. The van der Waals surface area contributed by atoms with Gasteiger partial charge in [0.25, 0.3) is 0 Å². The number of carbonyl (C=O) groups excluding carboxylic acids is 1. The molecule has 5 heteroatoms. The first-order valence-corrected chi connectivity index (χ1v) is 8.80. The summed E-state index contributed by atoms with van der Waals surface area (Å²) >= 11 is 5.77. The summed E-state index contributed by atoms with van der Waals surface area (Å²) in [6, 6.07) is 14.4. The number of amides is 1. The Labute approximate surface area is 153 Å². The topological polar surface area (TPSA) is 38.3 Å². The van der Waals surface area contributed by atoms with Crippen LogP contribution in [0.15, 0.2) is 48.5 Å². The molecule has 0 aliphatic heterocycles. The van der Waals surface area contributed by atoms with Crippen molar-refractivity contribution in [2.75, 3.05) is 13.2 Å². The van der Waals surface area contributed by atoms with E-state index in [0.717, 1.165) is 12.0 Å². The SMILES string of the molecule is CC(NC(=O)CCCOCCc1ccccc1)c1ccc(F)c(Cl)c1. The summed E-state index contributed by atoms with van der Waals surface area (Å²) in [5, 5.41) is 2.94. The van der Waals surface area contributed by atoms with Gasteiger partial charge < -0.3 is 10.1 Å². The van der Waals surface area contributed by atoms with Crippen LogP contribution in [0.1, 0.15) is 36.9 Å². The second-order valence-corrected chi connectivity index (χ2v) is 6.32. The molecule has 3 nitrogen and oxygen atoms in total. The van der Waals surface area contributed by atoms with Crippen LogP contribution in [0, 0.1) is 5.82 Å². The number of benzene rings is 2. The van der Waals surface area contributed by atoms with Crippen molar-refractivity contribution in [2.24, 2.45) is 0 Å². The van der Waals surface area contributed by atoms with E-state index in [4.69, 9.17) is 16.3 Å². The van der Waals surface area contributed by atoms with Crippen LogP contribution < -0.4 is 5.32 Å². The smallest absolute Gasteiger partial charge is 0.220 e. The molecule has 1 unspecified atom stereocenters. The van der Waals surface area contributed by atoms with E-state index in [1.165, 1.54) is 17.7 Å². The Balaban J connectivity index is 1.61. The van der Waals surface area contributed by atoms with Gasteiger partial charge in [-0.25, -0.2) is 4.39 Å². The van der Waals surface area contributed by atoms with Crippen LogP contribution in [0.4, 0.5) is 4.39 Å². The molecular formula is C20H23ClFNO2. The quantitative estimate of drug-likeness (QED) is 0.656. The lowest BCUT2D eigenvalue weighted by atomic mass is 10.1. The van der Waals surface area contributed by atoms with Crippen molar-refractivity contribution < 1.29 is 13.9 Å². The fraction of sp³-hybridized carbons (Fsp3) is 0.350. The Hall–Kier alpha value is -1.91. The predicted molar refractivity (Wildman–Crippen MR) is 98.2 cm³/mol. The maximum Gasteiger partial charge on any atom is 0.220 e. The first kappa shape index (κ1) is 19.4. The molecule has 0 spiro atoms. The molecule has 0 bridgehead atoms. The number of ether oxygens (including phenoxy) is 1. The number of hydrogen-bond donors (Lipinski definition) is 1. The van der Waals surface area contributed by atoms with Crippen molar-refractivity contribution in [3.63, 3.8) is 0 Å². The van der Waals surface area contributed by atoms with E-state index in [0.29, 0.717) is 26.1 Å². The Morgan fingerprint density at radius 1 is 1.20 bits per heavy atom. The molecule has 1 atom stereocenters. The fourth-order valence-corrected chi connectivity index (χ4v) is 2.64. The molecule has 2 rings (SSSR count). The third-order valence-electron chi connectivity index (χ3n) is 3.89. The number of nitrogens with one attached hydrogen (secondary N) is 1. The third-order valence-corrected chi connectivity index (χ3v) is 4.18. The summed E-state index contributed by atoms with van der Waals surface area (Å²) in [4.78, 5) is 12.0. The Bertz CT molecular complexity index is 679. The van der Waals surface area contributed by atoms with Crippen molar-refractivity contribution in [3.05, 3.63) is 70.5 Å². The molecule has 2 aromatic carbocycles. The van der Waals surface area contributed by atoms with Gasteiger partial charge >= 0.3 is 0 Å². The van der Waals surface area contributed by atoms with Crippen LogP contribution in [0.25, 0.3) is 0 Å². The van der Waals surface area contributed by atoms with Crippen LogP contribution >= 0.6 is 11.6 Å². The Morgan fingerprint density at radius 2 is 1.96 bits per heavy atom. The molecular weight excluding hydrogens is 341 g/mol. The molecule has 134 valence electrons. The van der Waals surface area contributed by atoms with Gasteiger partial charge in [0.2, 0.25) is 5.91 Å². The van der Waals surface area contributed by atoms with Gasteiger partial charge in [-0.3, -0.25) is 4.79 Å². The van der Waals surface area contributed by atoms with Gasteiger partial charge in [0.05, 0.1) is 17.7 Å². The van der Waals surface area contributed by atoms with Crippen LogP contribution in [-0.2, 0) is 16.0 Å². The van der Waals surface area contributed by atoms with Gasteiger partial charge in [-0.15, -0.1) is 0 Å². The van der Waals surface area contributed by atoms with Gasteiger partial charge in [-0.1, -0.05) is 48.0 Å². The minimum absolute atomic E-state index is 0.0559. The van der Waals surface area contributed by atoms with Gasteiger partial charge in [-0.05, 0) is 43.0 Å². The van der Waals surface area contributed by atoms with E-state index >= 15 is 0 Å². The molecule has 0 aliphatic rings. The normalized spacial score (nSPS) is 12.0. The maximum atomic E-state index is 13.2. The van der Waals surface area contributed by atoms with Crippen LogP contribution in [0.2, 0.25) is 5.02 Å². The Kier molecular flexibility index (Phi) is 7.89. The van der Waals surface area contributed by atoms with E-state index in [9.17, 15) is 9.18 Å². The first-order valence-electron chi connectivity index (χ1n) is 8.42. The van der Waals surface area contributed by atoms with Gasteiger partial charge in [0.15, 0.2) is 0 Å². The van der Waals surface area contributed by atoms with Crippen molar-refractivity contribution >= 4 is 17.5 Å². The van der Waals surface area contributed by atoms with E-state index in [1.807, 2.05) is 25.1 Å². The standard InChI is InChI=1S/C20H23ClFNO2/c1-15(17-9-10-19(22)18(21)14-17)23-20(24)8-5-12-25-13-11-16-6-3-2-4-7-16/h2-4,6-7,9-10,14-15H,5,8,11-13H2,1H3,(H,23,24). The lowest BCUT2D eigenvalue weighted by molar-refractivity contribution is -0.122. The van der Waals surface area contributed by atoms with Crippen LogP contribution in [-0.4, -0.2) is 19.1 Å². The predicted octanol–water partition coefficient (Wildman–Crippen LogP) is 4.70. The van der Waals surface area contributed by atoms with E-state index in [-0.39, 0.29) is 17.0 Å². The molecule has 0 fully saturated rings. The highest BCUT2D eigenvalue weighted by atomic mass is 35.5. The Morgan fingerprint density at radius 3 is 2.68 bits per heavy atom. The van der Waals surface area contributed by atoms with Gasteiger partial charge in [0.1, 0.15) is 5.82 Å². The number of carbonyl (C=O) groups is 1. The molecule has 1 N–H and O–H groups in total. The average Bonchev–Trinajstić information content (AvgIpc) is 2.61. The molecule has 2 aromatic rings. The van der Waals surface area contributed by atoms with Crippen molar-refractivity contribution in [2.45, 2.75) is 32.2 Å². The molecule has 1 amide bonds. The monoisotopic (exact) mass is 363 g/mol. The van der Waals surface area contributed by atoms with E-state index in [1.54, 1.807) is 6.07 Å². The summed E-state index contributed by atoms with van der Waals surface area (Å²) in [6.07, 6.45) is 1.93. The molecule has 0 aliphatic carbocycles. The second kappa shape index (κ2) is 10.2. The fourth-order valence-electron chi connectivity index (χ4n) is 2.45. The zero-order valence-corrected chi connectivity index (χ0v) is 15.1. The summed E-state index contributed by atoms with van der Waals surface area (Å²) in [7, 11) is 0. The van der Waals surface area contributed by atoms with Crippen LogP contribution in [0.5, 0.6) is 0 Å². The highest BCUT2D eigenvalue weighted by Gasteiger charge is 2.11. The molecule has 0 heterocycles. The number of halogens is 2. The zero-order chi connectivity index (χ0) is 18.1. The van der Waals surface area contributed by atoms with Crippen molar-refractivity contribution in [1.29, 1.82) is 0 Å². The molecule has 0 aromatic heterocycles. The first-order chi connectivity index (χ1) is 12.1. The summed E-state index contributed by atoms with van der Waals surface area (Å²) < 4.78 is 18.7. The summed E-state index contributed by atoms with van der Waals surface area (Å²) in [6.45, 7) is 3.05. The average molecular weight is 364 g/mol. The molecule has 0 saturated carbocycles. The lowest BCUT2D eigenvalue weighted by Crippen LogP contribution is -2.26. The zero-order valence-electron chi connectivity index (χ0n) is 14.3. The molecule has 0 saturated heterocycles. The molecule has 0 radical (unpaired) electrons. The highest BCUT2D eigenvalue weighted by Crippen LogP contribution is 2.20. The minimum atomic E-state index is -0.461. The van der Waals surface area contributed by atoms with Gasteiger partial charge in [0, 0.05) is 13.0 Å². The van der Waals surface area contributed by atoms with Gasteiger partial charge in [-0.2, -0.15) is 0 Å². The summed E-state index contributed by atoms with van der Waals surface area (Å²) in [5.74, 6) is -0.517. The van der Waals surface area contributed by atoms with E-state index < -0.39 is 5.82 Å². The number of hydrogen-bond acceptors (Lipinski definition) is 2. The second-order valence-electron chi connectivity index (χ2n) is 5.91. The van der Waals surface area contributed by atoms with Crippen molar-refractivity contribution in [1.82, 2.24) is 5.32 Å². The summed E-state index contributed by atoms with van der Waals surface area (Å²) in [5.41, 5.74) is 2.02. The maximum absolute atomic E-state index is 13.2. The minimum Gasteiger partial charge on any atom is -0.381 e. The number of rotatable bonds is 9. The van der Waals surface area contributed by atoms with E-state index in [2.05, 4.69) is 17.4 Å². The largest absolute Gasteiger partial charge is 0.381 e. The molecule has 25 heavy (non-hydrogen) atoms. The van der Waals surface area contributed by atoms with Crippen LogP contribution in [0.3, 0.4) is 0 Å². The highest BCUT2D eigenvalue weighted by molar-refractivity contribution is 6.30.